The molecular formula is C17H12F5NO4. The number of benzene rings is 2. The minimum atomic E-state index is -2.35. The molecule has 1 atom stereocenters. The van der Waals surface area contributed by atoms with E-state index >= 15 is 0 Å². The fourth-order valence-corrected chi connectivity index (χ4v) is 2.67. The summed E-state index contributed by atoms with van der Waals surface area (Å²) in [5.74, 6) is -14.2. The molecule has 0 radical (unpaired) electrons. The van der Waals surface area contributed by atoms with Gasteiger partial charge in [0.05, 0.1) is 19.2 Å². The number of hydrogen-bond donors (Lipinski definition) is 1. The number of halogens is 5. The predicted molar refractivity (Wildman–Crippen MR) is 80.2 cm³/mol. The zero-order chi connectivity index (χ0) is 19.7. The summed E-state index contributed by atoms with van der Waals surface area (Å²) in [7, 11) is 0. The van der Waals surface area contributed by atoms with Crippen LogP contribution in [0.25, 0.3) is 0 Å². The summed E-state index contributed by atoms with van der Waals surface area (Å²) in [6, 6.07) is 5.71. The number of phenols is 1. The van der Waals surface area contributed by atoms with E-state index < -0.39 is 53.4 Å². The lowest BCUT2D eigenvalue weighted by atomic mass is 10.1. The van der Waals surface area contributed by atoms with Gasteiger partial charge in [0, 0.05) is 5.56 Å². The molecule has 5 nitrogen and oxygen atoms in total. The van der Waals surface area contributed by atoms with Crippen molar-refractivity contribution in [3.63, 3.8) is 0 Å². The number of para-hydroxylation sites is 1. The molecule has 0 spiro atoms. The van der Waals surface area contributed by atoms with E-state index in [4.69, 9.17) is 4.74 Å². The van der Waals surface area contributed by atoms with E-state index in [9.17, 15) is 31.9 Å². The van der Waals surface area contributed by atoms with Gasteiger partial charge in [-0.1, -0.05) is 18.2 Å². The lowest BCUT2D eigenvalue weighted by Gasteiger charge is -2.22. The van der Waals surface area contributed by atoms with Crippen LogP contribution in [0.1, 0.15) is 11.6 Å². The molecule has 0 amide bonds. The van der Waals surface area contributed by atoms with Crippen LogP contribution >= 0.6 is 0 Å². The van der Waals surface area contributed by atoms with Crippen molar-refractivity contribution in [2.45, 2.75) is 6.04 Å². The van der Waals surface area contributed by atoms with Crippen molar-refractivity contribution >= 4 is 5.97 Å². The first-order valence-electron chi connectivity index (χ1n) is 7.63. The number of hydrogen-bond acceptors (Lipinski definition) is 5. The Bertz CT molecular complexity index is 863. The van der Waals surface area contributed by atoms with E-state index in [0.29, 0.717) is 5.56 Å². The lowest BCUT2D eigenvalue weighted by molar-refractivity contribution is -0.136. The van der Waals surface area contributed by atoms with E-state index in [0.717, 1.165) is 0 Å². The van der Waals surface area contributed by atoms with Crippen LogP contribution in [0.4, 0.5) is 22.0 Å². The van der Waals surface area contributed by atoms with Crippen LogP contribution in [0.15, 0.2) is 24.3 Å². The minimum Gasteiger partial charge on any atom is -0.508 e. The zero-order valence-corrected chi connectivity index (χ0v) is 13.5. The van der Waals surface area contributed by atoms with Gasteiger partial charge in [0.15, 0.2) is 0 Å². The molecule has 0 saturated carbocycles. The van der Waals surface area contributed by atoms with Gasteiger partial charge in [-0.2, -0.15) is 8.78 Å². The summed E-state index contributed by atoms with van der Waals surface area (Å²) in [6.45, 7) is -0.517. The number of aromatic hydroxyl groups is 1. The van der Waals surface area contributed by atoms with Crippen molar-refractivity contribution in [3.8, 4) is 11.5 Å². The van der Waals surface area contributed by atoms with Gasteiger partial charge in [-0.25, -0.2) is 13.2 Å². The second kappa shape index (κ2) is 7.49. The number of esters is 1. The van der Waals surface area contributed by atoms with Crippen molar-refractivity contribution < 1.29 is 41.3 Å². The predicted octanol–water partition coefficient (Wildman–Crippen LogP) is 3.02. The van der Waals surface area contributed by atoms with Crippen molar-refractivity contribution in [1.82, 2.24) is 4.90 Å². The van der Waals surface area contributed by atoms with E-state index in [1.807, 2.05) is 0 Å². The largest absolute Gasteiger partial charge is 0.508 e. The molecule has 1 aliphatic rings. The van der Waals surface area contributed by atoms with E-state index in [-0.39, 0.29) is 19.1 Å². The molecule has 144 valence electrons. The van der Waals surface area contributed by atoms with Crippen LogP contribution < -0.4 is 4.74 Å². The van der Waals surface area contributed by atoms with Gasteiger partial charge in [-0.3, -0.25) is 9.69 Å². The Morgan fingerprint density at radius 3 is 2.30 bits per heavy atom. The third-order valence-electron chi connectivity index (χ3n) is 3.99. The van der Waals surface area contributed by atoms with Gasteiger partial charge in [-0.15, -0.1) is 0 Å². The second-order valence-corrected chi connectivity index (χ2v) is 5.69. The van der Waals surface area contributed by atoms with Crippen molar-refractivity contribution in [2.75, 3.05) is 19.9 Å². The average molecular weight is 389 g/mol. The number of nitrogens with zero attached hydrogens (tertiary/aromatic N) is 1. The van der Waals surface area contributed by atoms with E-state index in [2.05, 4.69) is 4.74 Å². The molecule has 1 N–H and O–H groups in total. The SMILES string of the molecule is O=C(CN1COC[C@@H]1c1ccccc1O)Oc1c(F)c(F)c(F)c(F)c1F. The van der Waals surface area contributed by atoms with Crippen LogP contribution in [0, 0.1) is 29.1 Å². The highest BCUT2D eigenvalue weighted by molar-refractivity contribution is 5.74. The molecule has 0 unspecified atom stereocenters. The maximum absolute atomic E-state index is 13.6. The molecule has 0 aromatic heterocycles. The fraction of sp³-hybridized carbons (Fsp3) is 0.235. The van der Waals surface area contributed by atoms with Crippen LogP contribution in [0.2, 0.25) is 0 Å². The summed E-state index contributed by atoms with van der Waals surface area (Å²) in [5, 5.41) is 9.90. The molecule has 1 heterocycles. The summed E-state index contributed by atoms with van der Waals surface area (Å²) in [4.78, 5) is 13.4. The fourth-order valence-electron chi connectivity index (χ4n) is 2.67. The molecule has 27 heavy (non-hydrogen) atoms. The number of carbonyl (C=O) groups is 1. The van der Waals surface area contributed by atoms with Gasteiger partial charge < -0.3 is 14.6 Å². The van der Waals surface area contributed by atoms with E-state index in [1.54, 1.807) is 18.2 Å². The Balaban J connectivity index is 1.78. The standard InChI is InChI=1S/C17H12F5NO4/c18-12-13(19)15(21)17(16(22)14(12)20)27-11(25)5-23-7-26-6-9(23)8-3-1-2-4-10(8)24/h1-4,9,24H,5-7H2/t9-/m1/s1. The number of carbonyl (C=O) groups excluding carboxylic acids is 1. The Kier molecular flexibility index (Phi) is 5.29. The van der Waals surface area contributed by atoms with Crippen LogP contribution in [0.5, 0.6) is 11.5 Å². The molecule has 10 heteroatoms. The molecule has 0 aliphatic carbocycles. The van der Waals surface area contributed by atoms with Crippen molar-refractivity contribution in [2.24, 2.45) is 0 Å². The highest BCUT2D eigenvalue weighted by Crippen LogP contribution is 2.33. The Morgan fingerprint density at radius 1 is 1.07 bits per heavy atom. The van der Waals surface area contributed by atoms with E-state index in [1.165, 1.54) is 11.0 Å². The topological polar surface area (TPSA) is 59.0 Å². The van der Waals surface area contributed by atoms with Crippen LogP contribution in [-0.4, -0.2) is 35.9 Å². The van der Waals surface area contributed by atoms with Gasteiger partial charge in [-0.05, 0) is 6.07 Å². The monoisotopic (exact) mass is 389 g/mol. The molecular weight excluding hydrogens is 377 g/mol. The van der Waals surface area contributed by atoms with Gasteiger partial charge in [0.1, 0.15) is 12.5 Å². The molecule has 0 bridgehead atoms. The molecule has 2 aromatic carbocycles. The maximum atomic E-state index is 13.6. The molecule has 1 aliphatic heterocycles. The normalized spacial score (nSPS) is 17.3. The highest BCUT2D eigenvalue weighted by Gasteiger charge is 2.33. The summed E-state index contributed by atoms with van der Waals surface area (Å²) in [5.41, 5.74) is 0.444. The minimum absolute atomic E-state index is 0.0499. The second-order valence-electron chi connectivity index (χ2n) is 5.69. The maximum Gasteiger partial charge on any atom is 0.325 e. The number of ether oxygens (including phenoxy) is 2. The first kappa shape index (κ1) is 19.1. The smallest absolute Gasteiger partial charge is 0.325 e. The van der Waals surface area contributed by atoms with Crippen molar-refractivity contribution in [3.05, 3.63) is 58.9 Å². The summed E-state index contributed by atoms with van der Waals surface area (Å²) >= 11 is 0. The first-order valence-corrected chi connectivity index (χ1v) is 7.63. The Labute approximate surface area is 149 Å². The third-order valence-corrected chi connectivity index (χ3v) is 3.99. The highest BCUT2D eigenvalue weighted by atomic mass is 19.2. The van der Waals surface area contributed by atoms with Crippen LogP contribution in [-0.2, 0) is 9.53 Å². The van der Waals surface area contributed by atoms with Gasteiger partial charge >= 0.3 is 5.97 Å². The first-order chi connectivity index (χ1) is 12.8. The van der Waals surface area contributed by atoms with Crippen molar-refractivity contribution in [1.29, 1.82) is 0 Å². The van der Waals surface area contributed by atoms with Gasteiger partial charge in [0.25, 0.3) is 0 Å². The zero-order valence-electron chi connectivity index (χ0n) is 13.5. The van der Waals surface area contributed by atoms with Crippen LogP contribution in [0.3, 0.4) is 0 Å². The number of phenolic OH excluding ortho intramolecular Hbond substituents is 1. The van der Waals surface area contributed by atoms with Gasteiger partial charge in [0.2, 0.25) is 34.8 Å². The Morgan fingerprint density at radius 2 is 1.67 bits per heavy atom. The third kappa shape index (κ3) is 3.58. The summed E-state index contributed by atoms with van der Waals surface area (Å²) < 4.78 is 76.2. The Hall–Kier alpha value is -2.72. The average Bonchev–Trinajstić information content (AvgIpc) is 3.10. The molecule has 1 fully saturated rings. The quantitative estimate of drug-likeness (QED) is 0.286. The molecule has 1 saturated heterocycles. The number of rotatable bonds is 4. The lowest BCUT2D eigenvalue weighted by Crippen LogP contribution is -2.33. The summed E-state index contributed by atoms with van der Waals surface area (Å²) in [6.07, 6.45) is 0. The molecule has 2 aromatic rings. The molecule has 3 rings (SSSR count).